The third-order valence-electron chi connectivity index (χ3n) is 2.92. The molecule has 0 radical (unpaired) electrons. The Balaban J connectivity index is 2.58. The van der Waals surface area contributed by atoms with Crippen molar-refractivity contribution in [3.8, 4) is 0 Å². The Hall–Kier alpha value is -1.28. The van der Waals surface area contributed by atoms with E-state index in [4.69, 9.17) is 5.73 Å². The largest absolute Gasteiger partial charge is 0.347 e. The zero-order valence-electron chi connectivity index (χ0n) is 9.46. The lowest BCUT2D eigenvalue weighted by Crippen LogP contribution is -2.02. The number of rotatable bonds is 3. The molecular weight excluding hydrogens is 184 g/mol. The van der Waals surface area contributed by atoms with Crippen molar-refractivity contribution in [2.75, 3.05) is 6.54 Å². The Morgan fingerprint density at radius 1 is 1.33 bits per heavy atom. The van der Waals surface area contributed by atoms with E-state index in [1.54, 1.807) is 0 Å². The van der Waals surface area contributed by atoms with Crippen LogP contribution in [0.2, 0.25) is 0 Å². The van der Waals surface area contributed by atoms with Crippen molar-refractivity contribution in [1.82, 2.24) is 4.57 Å². The minimum absolute atomic E-state index is 0.720. The molecule has 2 N–H and O–H groups in total. The van der Waals surface area contributed by atoms with Crippen molar-refractivity contribution < 1.29 is 0 Å². The van der Waals surface area contributed by atoms with E-state index in [2.05, 4.69) is 42.8 Å². The lowest BCUT2D eigenvalue weighted by Gasteiger charge is -2.03. The van der Waals surface area contributed by atoms with E-state index in [0.717, 1.165) is 19.5 Å². The molecule has 0 aliphatic carbocycles. The number of benzene rings is 1. The van der Waals surface area contributed by atoms with Gasteiger partial charge in [0.05, 0.1) is 0 Å². The number of aryl methyl sites for hydroxylation is 2. The Morgan fingerprint density at radius 3 is 2.80 bits per heavy atom. The summed E-state index contributed by atoms with van der Waals surface area (Å²) < 4.78 is 2.30. The highest BCUT2D eigenvalue weighted by molar-refractivity contribution is 5.84. The van der Waals surface area contributed by atoms with Crippen LogP contribution < -0.4 is 5.73 Å². The average Bonchev–Trinajstić information content (AvgIpc) is 2.56. The molecule has 15 heavy (non-hydrogen) atoms. The van der Waals surface area contributed by atoms with Crippen LogP contribution in [0, 0.1) is 6.92 Å². The number of fused-ring (bicyclic) bond motifs is 1. The summed E-state index contributed by atoms with van der Waals surface area (Å²) in [5.74, 6) is 0. The van der Waals surface area contributed by atoms with Gasteiger partial charge in [-0.3, -0.25) is 0 Å². The summed E-state index contributed by atoms with van der Waals surface area (Å²) in [5.41, 5.74) is 9.59. The first-order chi connectivity index (χ1) is 7.26. The molecule has 0 spiro atoms. The molecule has 0 bridgehead atoms. The van der Waals surface area contributed by atoms with Gasteiger partial charge in [-0.15, -0.1) is 0 Å². The number of nitrogens with zero attached hydrogens (tertiary/aromatic N) is 1. The summed E-state index contributed by atoms with van der Waals surface area (Å²) in [4.78, 5) is 0. The van der Waals surface area contributed by atoms with Crippen LogP contribution in [0.1, 0.15) is 18.1 Å². The van der Waals surface area contributed by atoms with Crippen molar-refractivity contribution in [3.05, 3.63) is 35.5 Å². The summed E-state index contributed by atoms with van der Waals surface area (Å²) in [6, 6.07) is 6.66. The van der Waals surface area contributed by atoms with E-state index < -0.39 is 0 Å². The van der Waals surface area contributed by atoms with Crippen molar-refractivity contribution in [2.24, 2.45) is 5.73 Å². The van der Waals surface area contributed by atoms with Gasteiger partial charge in [-0.2, -0.15) is 0 Å². The monoisotopic (exact) mass is 202 g/mol. The molecule has 2 heteroatoms. The van der Waals surface area contributed by atoms with Gasteiger partial charge < -0.3 is 10.3 Å². The van der Waals surface area contributed by atoms with Crippen LogP contribution in [0.3, 0.4) is 0 Å². The van der Waals surface area contributed by atoms with Crippen LogP contribution in [-0.4, -0.2) is 11.1 Å². The Bertz CT molecular complexity index is 469. The van der Waals surface area contributed by atoms with Gasteiger partial charge >= 0.3 is 0 Å². The molecule has 80 valence electrons. The van der Waals surface area contributed by atoms with Gasteiger partial charge in [0.1, 0.15) is 0 Å². The quantitative estimate of drug-likeness (QED) is 0.814. The molecule has 2 rings (SSSR count). The molecule has 1 aromatic heterocycles. The van der Waals surface area contributed by atoms with E-state index in [0.29, 0.717) is 0 Å². The highest BCUT2D eigenvalue weighted by atomic mass is 14.9. The maximum absolute atomic E-state index is 5.57. The molecule has 0 saturated carbocycles. The maximum Gasteiger partial charge on any atom is 0.0485 e. The molecule has 1 heterocycles. The predicted octanol–water partition coefficient (Wildman–Crippen LogP) is 2.47. The van der Waals surface area contributed by atoms with Gasteiger partial charge in [0.25, 0.3) is 0 Å². The molecule has 0 saturated heterocycles. The highest BCUT2D eigenvalue weighted by Crippen LogP contribution is 2.22. The second kappa shape index (κ2) is 4.07. The van der Waals surface area contributed by atoms with Gasteiger partial charge in [0.2, 0.25) is 0 Å². The van der Waals surface area contributed by atoms with Crippen LogP contribution in [0.5, 0.6) is 0 Å². The lowest BCUT2D eigenvalue weighted by molar-refractivity contribution is 0.794. The molecule has 1 aromatic carbocycles. The smallest absolute Gasteiger partial charge is 0.0485 e. The molecule has 0 fully saturated rings. The van der Waals surface area contributed by atoms with Crippen LogP contribution in [0.25, 0.3) is 10.9 Å². The zero-order valence-corrected chi connectivity index (χ0v) is 9.46. The summed E-state index contributed by atoms with van der Waals surface area (Å²) in [5, 5.41) is 1.36. The maximum atomic E-state index is 5.57. The molecule has 0 amide bonds. The minimum Gasteiger partial charge on any atom is -0.347 e. The molecule has 2 aromatic rings. The molecular formula is C13H18N2. The predicted molar refractivity (Wildman–Crippen MR) is 65.1 cm³/mol. The summed E-state index contributed by atoms with van der Waals surface area (Å²) in [6.45, 7) is 6.08. The van der Waals surface area contributed by atoms with Gasteiger partial charge in [-0.05, 0) is 44.0 Å². The van der Waals surface area contributed by atoms with Gasteiger partial charge in [-0.1, -0.05) is 12.1 Å². The van der Waals surface area contributed by atoms with Gasteiger partial charge in [0, 0.05) is 23.6 Å². The number of hydrogen-bond acceptors (Lipinski definition) is 1. The van der Waals surface area contributed by atoms with E-state index in [9.17, 15) is 0 Å². The third kappa shape index (κ3) is 1.77. The molecule has 0 aliphatic rings. The third-order valence-corrected chi connectivity index (χ3v) is 2.92. The van der Waals surface area contributed by atoms with Gasteiger partial charge in [0.15, 0.2) is 0 Å². The molecule has 0 aliphatic heterocycles. The minimum atomic E-state index is 0.720. The fourth-order valence-electron chi connectivity index (χ4n) is 2.10. The first kappa shape index (κ1) is 10.2. The van der Waals surface area contributed by atoms with E-state index in [-0.39, 0.29) is 0 Å². The summed E-state index contributed by atoms with van der Waals surface area (Å²) in [7, 11) is 0. The van der Waals surface area contributed by atoms with Crippen molar-refractivity contribution in [1.29, 1.82) is 0 Å². The number of aromatic nitrogens is 1. The standard InChI is InChI=1S/C13H18N2/c1-3-15-9-10(2)12-5-4-11(6-7-14)8-13(12)15/h4-5,8-9H,3,6-7,14H2,1-2H3. The van der Waals surface area contributed by atoms with Crippen LogP contribution in [-0.2, 0) is 13.0 Å². The van der Waals surface area contributed by atoms with E-state index in [1.807, 2.05) is 0 Å². The van der Waals surface area contributed by atoms with Crippen molar-refractivity contribution >= 4 is 10.9 Å². The Labute approximate surface area is 90.7 Å². The molecule has 0 unspecified atom stereocenters. The highest BCUT2D eigenvalue weighted by Gasteiger charge is 2.04. The number of hydrogen-bond donors (Lipinski definition) is 1. The zero-order chi connectivity index (χ0) is 10.8. The van der Waals surface area contributed by atoms with Crippen molar-refractivity contribution in [3.63, 3.8) is 0 Å². The summed E-state index contributed by atoms with van der Waals surface area (Å²) >= 11 is 0. The molecule has 0 atom stereocenters. The Morgan fingerprint density at radius 2 is 2.13 bits per heavy atom. The van der Waals surface area contributed by atoms with Crippen molar-refractivity contribution in [2.45, 2.75) is 26.8 Å². The first-order valence-corrected chi connectivity index (χ1v) is 5.54. The lowest BCUT2D eigenvalue weighted by atomic mass is 10.1. The fraction of sp³-hybridized carbons (Fsp3) is 0.385. The SMILES string of the molecule is CCn1cc(C)c2ccc(CCN)cc21. The van der Waals surface area contributed by atoms with Crippen LogP contribution in [0.4, 0.5) is 0 Å². The second-order valence-electron chi connectivity index (χ2n) is 3.99. The average molecular weight is 202 g/mol. The normalized spacial score (nSPS) is 11.1. The van der Waals surface area contributed by atoms with E-state index >= 15 is 0 Å². The van der Waals surface area contributed by atoms with Crippen LogP contribution in [0.15, 0.2) is 24.4 Å². The number of nitrogens with two attached hydrogens (primary N) is 1. The Kier molecular flexibility index (Phi) is 2.78. The molecule has 2 nitrogen and oxygen atoms in total. The van der Waals surface area contributed by atoms with E-state index in [1.165, 1.54) is 22.0 Å². The van der Waals surface area contributed by atoms with Crippen LogP contribution >= 0.6 is 0 Å². The first-order valence-electron chi connectivity index (χ1n) is 5.54. The second-order valence-corrected chi connectivity index (χ2v) is 3.99. The topological polar surface area (TPSA) is 30.9 Å². The summed E-state index contributed by atoms with van der Waals surface area (Å²) in [6.07, 6.45) is 3.18. The fourth-order valence-corrected chi connectivity index (χ4v) is 2.10. The van der Waals surface area contributed by atoms with Gasteiger partial charge in [-0.25, -0.2) is 0 Å².